The van der Waals surface area contributed by atoms with Crippen molar-refractivity contribution < 1.29 is 4.74 Å². The fourth-order valence-corrected chi connectivity index (χ4v) is 2.72. The van der Waals surface area contributed by atoms with Crippen molar-refractivity contribution in [3.05, 3.63) is 18.2 Å². The molecular weight excluding hydrogens is 252 g/mol. The highest BCUT2D eigenvalue weighted by molar-refractivity contribution is 4.98. The lowest BCUT2D eigenvalue weighted by molar-refractivity contribution is 0.00522. The molecule has 0 atom stereocenters. The fourth-order valence-electron chi connectivity index (χ4n) is 2.72. The van der Waals surface area contributed by atoms with Crippen LogP contribution in [0.4, 0.5) is 0 Å². The zero-order valence-corrected chi connectivity index (χ0v) is 12.6. The zero-order valence-electron chi connectivity index (χ0n) is 12.6. The highest BCUT2D eigenvalue weighted by Crippen LogP contribution is 2.16. The van der Waals surface area contributed by atoms with Crippen LogP contribution in [0.1, 0.15) is 38.3 Å². The molecule has 114 valence electrons. The second kappa shape index (κ2) is 8.39. The second-order valence-electron chi connectivity index (χ2n) is 5.57. The Hall–Kier alpha value is -0.910. The summed E-state index contributed by atoms with van der Waals surface area (Å²) in [5.74, 6) is 0. The molecule has 1 aliphatic heterocycles. The number of ether oxygens (including phenoxy) is 1. The molecule has 2 heterocycles. The summed E-state index contributed by atoms with van der Waals surface area (Å²) in [4.78, 5) is 6.78. The number of rotatable bonds is 8. The molecule has 0 bridgehead atoms. The number of nitrogens with two attached hydrogens (primary N) is 1. The summed E-state index contributed by atoms with van der Waals surface area (Å²) >= 11 is 0. The molecule has 0 saturated carbocycles. The van der Waals surface area contributed by atoms with Gasteiger partial charge in [0.1, 0.15) is 0 Å². The molecule has 1 aliphatic rings. The van der Waals surface area contributed by atoms with Gasteiger partial charge in [0, 0.05) is 39.0 Å². The van der Waals surface area contributed by atoms with Crippen molar-refractivity contribution in [3.63, 3.8) is 0 Å². The topological polar surface area (TPSA) is 56.3 Å². The smallest absolute Gasteiger partial charge is 0.0948 e. The van der Waals surface area contributed by atoms with Gasteiger partial charge in [-0.15, -0.1) is 0 Å². The van der Waals surface area contributed by atoms with Crippen LogP contribution in [-0.2, 0) is 17.8 Å². The minimum absolute atomic E-state index is 0.429. The van der Waals surface area contributed by atoms with Crippen molar-refractivity contribution in [1.29, 1.82) is 0 Å². The molecule has 1 fully saturated rings. The van der Waals surface area contributed by atoms with Crippen molar-refractivity contribution in [2.45, 2.75) is 51.8 Å². The van der Waals surface area contributed by atoms with E-state index in [0.717, 1.165) is 65.0 Å². The molecule has 1 aromatic heterocycles. The molecule has 0 aromatic carbocycles. The van der Waals surface area contributed by atoms with E-state index in [1.807, 2.05) is 12.5 Å². The van der Waals surface area contributed by atoms with Gasteiger partial charge < -0.3 is 15.0 Å². The van der Waals surface area contributed by atoms with Gasteiger partial charge in [0.15, 0.2) is 0 Å². The van der Waals surface area contributed by atoms with Crippen LogP contribution in [0.15, 0.2) is 12.5 Å². The van der Waals surface area contributed by atoms with Crippen molar-refractivity contribution >= 4 is 0 Å². The molecule has 2 N–H and O–H groups in total. The summed E-state index contributed by atoms with van der Waals surface area (Å²) in [6.07, 6.45) is 8.76. The number of imidazole rings is 1. The predicted molar refractivity (Wildman–Crippen MR) is 80.4 cm³/mol. The highest BCUT2D eigenvalue weighted by Gasteiger charge is 2.20. The maximum Gasteiger partial charge on any atom is 0.0948 e. The number of hydrogen-bond acceptors (Lipinski definition) is 4. The number of aryl methyl sites for hydroxylation is 1. The van der Waals surface area contributed by atoms with Crippen LogP contribution >= 0.6 is 0 Å². The molecule has 0 amide bonds. The van der Waals surface area contributed by atoms with Gasteiger partial charge >= 0.3 is 0 Å². The normalized spacial score (nSPS) is 17.7. The lowest BCUT2D eigenvalue weighted by atomic mass is 10.1. The SMILES string of the molecule is CCCn1cncc1CN1CCC(OCCCN)CC1. The van der Waals surface area contributed by atoms with Crippen molar-refractivity contribution in [2.24, 2.45) is 5.73 Å². The van der Waals surface area contributed by atoms with Crippen molar-refractivity contribution in [3.8, 4) is 0 Å². The van der Waals surface area contributed by atoms with Gasteiger partial charge in [0.2, 0.25) is 0 Å². The van der Waals surface area contributed by atoms with E-state index in [4.69, 9.17) is 10.5 Å². The standard InChI is InChI=1S/C15H28N4O/c1-2-7-19-13-17-11-14(19)12-18-8-4-15(5-9-18)20-10-3-6-16/h11,13,15H,2-10,12,16H2,1H3. The minimum atomic E-state index is 0.429. The Labute approximate surface area is 122 Å². The lowest BCUT2D eigenvalue weighted by Crippen LogP contribution is -2.37. The summed E-state index contributed by atoms with van der Waals surface area (Å²) in [5, 5.41) is 0. The van der Waals surface area contributed by atoms with Crippen LogP contribution in [0, 0.1) is 0 Å². The van der Waals surface area contributed by atoms with Crippen LogP contribution in [-0.4, -0.2) is 46.8 Å². The Kier molecular flexibility index (Phi) is 6.50. The Morgan fingerprint density at radius 2 is 2.20 bits per heavy atom. The highest BCUT2D eigenvalue weighted by atomic mass is 16.5. The number of aromatic nitrogens is 2. The fraction of sp³-hybridized carbons (Fsp3) is 0.800. The van der Waals surface area contributed by atoms with Crippen LogP contribution in [0.2, 0.25) is 0 Å². The van der Waals surface area contributed by atoms with Crippen LogP contribution in [0.25, 0.3) is 0 Å². The van der Waals surface area contributed by atoms with Crippen LogP contribution in [0.3, 0.4) is 0 Å². The van der Waals surface area contributed by atoms with E-state index >= 15 is 0 Å². The monoisotopic (exact) mass is 280 g/mol. The third-order valence-corrected chi connectivity index (χ3v) is 3.89. The third kappa shape index (κ3) is 4.58. The summed E-state index contributed by atoms with van der Waals surface area (Å²) in [6, 6.07) is 0. The Balaban J connectivity index is 1.72. The number of likely N-dealkylation sites (tertiary alicyclic amines) is 1. The zero-order chi connectivity index (χ0) is 14.2. The van der Waals surface area contributed by atoms with Crippen molar-refractivity contribution in [2.75, 3.05) is 26.2 Å². The Bertz CT molecular complexity index is 372. The summed E-state index contributed by atoms with van der Waals surface area (Å²) in [7, 11) is 0. The lowest BCUT2D eigenvalue weighted by Gasteiger charge is -2.32. The van der Waals surface area contributed by atoms with Gasteiger partial charge in [0.25, 0.3) is 0 Å². The van der Waals surface area contributed by atoms with Crippen LogP contribution < -0.4 is 5.73 Å². The third-order valence-electron chi connectivity index (χ3n) is 3.89. The minimum Gasteiger partial charge on any atom is -0.378 e. The summed E-state index contributed by atoms with van der Waals surface area (Å²) in [5.41, 5.74) is 6.81. The first-order chi connectivity index (χ1) is 9.83. The maximum absolute atomic E-state index is 5.84. The van der Waals surface area contributed by atoms with E-state index in [2.05, 4.69) is 21.4 Å². The van der Waals surface area contributed by atoms with Gasteiger partial charge in [0.05, 0.1) is 18.1 Å². The molecule has 2 rings (SSSR count). The first kappa shape index (κ1) is 15.5. The molecule has 20 heavy (non-hydrogen) atoms. The molecule has 0 unspecified atom stereocenters. The Morgan fingerprint density at radius 3 is 2.90 bits per heavy atom. The van der Waals surface area contributed by atoms with E-state index in [0.29, 0.717) is 6.10 Å². The molecule has 5 heteroatoms. The average Bonchev–Trinajstić information content (AvgIpc) is 2.89. The van der Waals surface area contributed by atoms with Gasteiger partial charge in [-0.05, 0) is 32.2 Å². The van der Waals surface area contributed by atoms with E-state index in [9.17, 15) is 0 Å². The molecule has 1 saturated heterocycles. The largest absolute Gasteiger partial charge is 0.378 e. The van der Waals surface area contributed by atoms with E-state index < -0.39 is 0 Å². The summed E-state index contributed by atoms with van der Waals surface area (Å²) in [6.45, 7) is 8.04. The van der Waals surface area contributed by atoms with E-state index in [1.165, 1.54) is 5.69 Å². The molecule has 5 nitrogen and oxygen atoms in total. The van der Waals surface area contributed by atoms with Crippen molar-refractivity contribution in [1.82, 2.24) is 14.5 Å². The molecular formula is C15H28N4O. The van der Waals surface area contributed by atoms with Gasteiger partial charge in [-0.25, -0.2) is 4.98 Å². The number of nitrogens with zero attached hydrogens (tertiary/aromatic N) is 3. The van der Waals surface area contributed by atoms with Gasteiger partial charge in [-0.2, -0.15) is 0 Å². The molecule has 0 aliphatic carbocycles. The molecule has 0 radical (unpaired) electrons. The first-order valence-corrected chi connectivity index (χ1v) is 7.86. The first-order valence-electron chi connectivity index (χ1n) is 7.86. The van der Waals surface area contributed by atoms with E-state index in [1.54, 1.807) is 0 Å². The van der Waals surface area contributed by atoms with Gasteiger partial charge in [-0.1, -0.05) is 6.92 Å². The van der Waals surface area contributed by atoms with Gasteiger partial charge in [-0.3, -0.25) is 4.90 Å². The maximum atomic E-state index is 5.84. The summed E-state index contributed by atoms with van der Waals surface area (Å²) < 4.78 is 8.11. The predicted octanol–water partition coefficient (Wildman–Crippen LogP) is 1.62. The number of piperidine rings is 1. The Morgan fingerprint density at radius 1 is 1.40 bits per heavy atom. The average molecular weight is 280 g/mol. The van der Waals surface area contributed by atoms with Crippen LogP contribution in [0.5, 0.6) is 0 Å². The van der Waals surface area contributed by atoms with E-state index in [-0.39, 0.29) is 0 Å². The number of hydrogen-bond donors (Lipinski definition) is 1. The quantitative estimate of drug-likeness (QED) is 0.735. The molecule has 1 aromatic rings. The second-order valence-corrected chi connectivity index (χ2v) is 5.57. The molecule has 0 spiro atoms.